The maximum Gasteiger partial charge on any atom is 0.408 e. The highest BCUT2D eigenvalue weighted by Crippen LogP contribution is 2.17. The zero-order valence-electron chi connectivity index (χ0n) is 13.4. The molecule has 0 aliphatic heterocycles. The van der Waals surface area contributed by atoms with Crippen LogP contribution in [0.25, 0.3) is 0 Å². The summed E-state index contributed by atoms with van der Waals surface area (Å²) in [7, 11) is 0. The van der Waals surface area contributed by atoms with Gasteiger partial charge in [0.05, 0.1) is 6.54 Å². The molecule has 0 radical (unpaired) electrons. The summed E-state index contributed by atoms with van der Waals surface area (Å²) in [6, 6.07) is 8.65. The van der Waals surface area contributed by atoms with Crippen LogP contribution < -0.4 is 5.32 Å². The van der Waals surface area contributed by atoms with Crippen LogP contribution >= 0.6 is 0 Å². The van der Waals surface area contributed by atoms with Crippen molar-refractivity contribution in [2.45, 2.75) is 39.3 Å². The third-order valence-corrected chi connectivity index (χ3v) is 3.05. The lowest BCUT2D eigenvalue weighted by Gasteiger charge is -2.37. The summed E-state index contributed by atoms with van der Waals surface area (Å²) in [5, 5.41) is 11.9. The van der Waals surface area contributed by atoms with Crippen LogP contribution in [0.4, 0.5) is 4.79 Å². The number of carbonyl (C=O) groups is 2. The molecular formula is C17H22N2O3. The van der Waals surface area contributed by atoms with Gasteiger partial charge in [-0.25, -0.2) is 4.79 Å². The molecule has 1 rings (SSSR count). The Bertz CT molecular complexity index is 579. The number of nitrogens with one attached hydrogen (secondary N) is 1. The van der Waals surface area contributed by atoms with E-state index in [1.54, 1.807) is 27.7 Å². The van der Waals surface area contributed by atoms with Gasteiger partial charge in [0.1, 0.15) is 6.04 Å². The average molecular weight is 302 g/mol. The van der Waals surface area contributed by atoms with Crippen LogP contribution in [0.1, 0.15) is 33.3 Å². The van der Waals surface area contributed by atoms with E-state index in [4.69, 9.17) is 0 Å². The molecule has 1 aromatic rings. The smallest absolute Gasteiger partial charge is 0.408 e. The van der Waals surface area contributed by atoms with E-state index < -0.39 is 17.7 Å². The van der Waals surface area contributed by atoms with E-state index in [1.807, 2.05) is 30.3 Å². The highest BCUT2D eigenvalue weighted by atomic mass is 16.4. The van der Waals surface area contributed by atoms with Gasteiger partial charge in [-0.3, -0.25) is 9.69 Å². The molecule has 118 valence electrons. The van der Waals surface area contributed by atoms with Crippen LogP contribution in [0.3, 0.4) is 0 Å². The summed E-state index contributed by atoms with van der Waals surface area (Å²) < 4.78 is 0. The van der Waals surface area contributed by atoms with Crippen molar-refractivity contribution in [2.75, 3.05) is 6.54 Å². The Morgan fingerprint density at radius 2 is 1.86 bits per heavy atom. The van der Waals surface area contributed by atoms with Gasteiger partial charge in [0, 0.05) is 11.1 Å². The van der Waals surface area contributed by atoms with E-state index in [2.05, 4.69) is 17.2 Å². The molecule has 0 saturated carbocycles. The first kappa shape index (κ1) is 17.6. The number of carboxylic acid groups (broad SMARTS) is 1. The third-order valence-electron chi connectivity index (χ3n) is 3.05. The number of amides is 2. The molecule has 0 aromatic heterocycles. The van der Waals surface area contributed by atoms with E-state index in [0.717, 1.165) is 10.5 Å². The number of hydrogen-bond donors (Lipinski definition) is 2. The number of carbonyl (C=O) groups excluding carboxylic acids is 1. The molecule has 0 bridgehead atoms. The van der Waals surface area contributed by atoms with E-state index in [-0.39, 0.29) is 12.5 Å². The number of nitrogens with zero attached hydrogens (tertiary/aromatic N) is 1. The maximum atomic E-state index is 12.1. The van der Waals surface area contributed by atoms with Crippen molar-refractivity contribution < 1.29 is 14.7 Å². The predicted molar refractivity (Wildman–Crippen MR) is 85.4 cm³/mol. The molecule has 0 heterocycles. The maximum absolute atomic E-state index is 12.1. The lowest BCUT2D eigenvalue weighted by atomic mass is 10.0. The van der Waals surface area contributed by atoms with Crippen LogP contribution in [-0.2, 0) is 4.79 Å². The number of benzene rings is 1. The zero-order valence-corrected chi connectivity index (χ0v) is 13.4. The molecule has 0 unspecified atom stereocenters. The quantitative estimate of drug-likeness (QED) is 0.842. The first-order chi connectivity index (χ1) is 10.2. The summed E-state index contributed by atoms with van der Waals surface area (Å²) in [4.78, 5) is 24.5. The van der Waals surface area contributed by atoms with Gasteiger partial charge in [-0.05, 0) is 39.8 Å². The Morgan fingerprint density at radius 1 is 1.27 bits per heavy atom. The second-order valence-electron chi connectivity index (χ2n) is 5.88. The van der Waals surface area contributed by atoms with Crippen molar-refractivity contribution in [3.63, 3.8) is 0 Å². The Morgan fingerprint density at radius 3 is 2.36 bits per heavy atom. The first-order valence-electron chi connectivity index (χ1n) is 7.07. The second-order valence-corrected chi connectivity index (χ2v) is 5.88. The molecule has 0 fully saturated rings. The van der Waals surface area contributed by atoms with Gasteiger partial charge in [0.15, 0.2) is 0 Å². The van der Waals surface area contributed by atoms with Gasteiger partial charge in [-0.15, -0.1) is 0 Å². The van der Waals surface area contributed by atoms with Gasteiger partial charge in [-0.1, -0.05) is 30.0 Å². The van der Waals surface area contributed by atoms with E-state index in [9.17, 15) is 14.7 Å². The van der Waals surface area contributed by atoms with Crippen molar-refractivity contribution >= 4 is 12.0 Å². The summed E-state index contributed by atoms with van der Waals surface area (Å²) in [5.41, 5.74) is 0.213. The highest BCUT2D eigenvalue weighted by Gasteiger charge is 2.34. The molecule has 1 atom stereocenters. The van der Waals surface area contributed by atoms with Crippen LogP contribution in [0.5, 0.6) is 0 Å². The number of hydrogen-bond acceptors (Lipinski definition) is 2. The summed E-state index contributed by atoms with van der Waals surface area (Å²) >= 11 is 0. The van der Waals surface area contributed by atoms with Crippen LogP contribution in [0.15, 0.2) is 30.3 Å². The van der Waals surface area contributed by atoms with Crippen LogP contribution in [0, 0.1) is 11.8 Å². The molecular weight excluding hydrogens is 280 g/mol. The minimum atomic E-state index is -1.12. The van der Waals surface area contributed by atoms with Crippen LogP contribution in [0.2, 0.25) is 0 Å². The van der Waals surface area contributed by atoms with Crippen LogP contribution in [-0.4, -0.2) is 40.1 Å². The Labute approximate surface area is 131 Å². The molecule has 0 saturated heterocycles. The molecule has 22 heavy (non-hydrogen) atoms. The van der Waals surface area contributed by atoms with Gasteiger partial charge in [0.2, 0.25) is 5.91 Å². The lowest BCUT2D eigenvalue weighted by Crippen LogP contribution is -2.55. The van der Waals surface area contributed by atoms with Gasteiger partial charge in [0.25, 0.3) is 0 Å². The van der Waals surface area contributed by atoms with Crippen molar-refractivity contribution in [3.8, 4) is 11.8 Å². The third kappa shape index (κ3) is 5.13. The Kier molecular flexibility index (Phi) is 6.00. The van der Waals surface area contributed by atoms with Gasteiger partial charge < -0.3 is 10.4 Å². The Hall–Kier alpha value is -2.48. The molecule has 5 heteroatoms. The highest BCUT2D eigenvalue weighted by molar-refractivity contribution is 5.85. The van der Waals surface area contributed by atoms with Gasteiger partial charge >= 0.3 is 6.09 Å². The SMILES string of the molecule is C[C@H](C(=O)NCC#Cc1ccccc1)N(C(=O)O)C(C)(C)C. The van der Waals surface area contributed by atoms with Crippen molar-refractivity contribution in [3.05, 3.63) is 35.9 Å². The summed E-state index contributed by atoms with van der Waals surface area (Å²) in [6.45, 7) is 7.00. The molecule has 5 nitrogen and oxygen atoms in total. The standard InChI is InChI=1S/C17H22N2O3/c1-13(19(16(21)22)17(2,3)4)15(20)18-12-8-11-14-9-6-5-7-10-14/h5-7,9-10,13H,12H2,1-4H3,(H,18,20)(H,21,22)/t13-/m1/s1. The van der Waals surface area contributed by atoms with Crippen molar-refractivity contribution in [1.82, 2.24) is 10.2 Å². The normalized spacial score (nSPS) is 11.8. The lowest BCUT2D eigenvalue weighted by molar-refractivity contribution is -0.126. The topological polar surface area (TPSA) is 69.6 Å². The van der Waals surface area contributed by atoms with Crippen molar-refractivity contribution in [2.24, 2.45) is 0 Å². The fourth-order valence-electron chi connectivity index (χ4n) is 2.10. The molecule has 0 spiro atoms. The average Bonchev–Trinajstić information content (AvgIpc) is 2.42. The fraction of sp³-hybridized carbons (Fsp3) is 0.412. The minimum Gasteiger partial charge on any atom is -0.465 e. The zero-order chi connectivity index (χ0) is 16.8. The van der Waals surface area contributed by atoms with E-state index >= 15 is 0 Å². The summed E-state index contributed by atoms with van der Waals surface area (Å²) in [5.74, 6) is 5.41. The molecule has 2 N–H and O–H groups in total. The summed E-state index contributed by atoms with van der Waals surface area (Å²) in [6.07, 6.45) is -1.12. The van der Waals surface area contributed by atoms with Gasteiger partial charge in [-0.2, -0.15) is 0 Å². The first-order valence-corrected chi connectivity index (χ1v) is 7.07. The molecule has 0 aliphatic rings. The van der Waals surface area contributed by atoms with E-state index in [0.29, 0.717) is 0 Å². The Balaban J connectivity index is 2.61. The fourth-order valence-corrected chi connectivity index (χ4v) is 2.10. The second kappa shape index (κ2) is 7.51. The van der Waals surface area contributed by atoms with Crippen molar-refractivity contribution in [1.29, 1.82) is 0 Å². The van der Waals surface area contributed by atoms with E-state index in [1.165, 1.54) is 0 Å². The molecule has 2 amide bonds. The predicted octanol–water partition coefficient (Wildman–Crippen LogP) is 2.32. The molecule has 1 aromatic carbocycles. The monoisotopic (exact) mass is 302 g/mol. The number of rotatable bonds is 3. The minimum absolute atomic E-state index is 0.176. The largest absolute Gasteiger partial charge is 0.465 e. The molecule has 0 aliphatic carbocycles.